The van der Waals surface area contributed by atoms with Crippen LogP contribution in [0.25, 0.3) is 0 Å². The Morgan fingerprint density at radius 1 is 1.31 bits per heavy atom. The minimum absolute atomic E-state index is 0.0242. The van der Waals surface area contributed by atoms with E-state index in [9.17, 15) is 9.90 Å². The molecule has 3 atom stereocenters. The summed E-state index contributed by atoms with van der Waals surface area (Å²) in [6, 6.07) is 9.47. The number of hydrogen-bond donors (Lipinski definition) is 1. The van der Waals surface area contributed by atoms with E-state index in [-0.39, 0.29) is 24.6 Å². The van der Waals surface area contributed by atoms with E-state index in [1.54, 1.807) is 4.90 Å². The van der Waals surface area contributed by atoms with Crippen molar-refractivity contribution in [3.8, 4) is 0 Å². The lowest BCUT2D eigenvalue weighted by Crippen LogP contribution is -2.34. The average molecular weight is 219 g/mol. The Morgan fingerprint density at radius 2 is 2.06 bits per heavy atom. The summed E-state index contributed by atoms with van der Waals surface area (Å²) in [7, 11) is 0. The van der Waals surface area contributed by atoms with Crippen LogP contribution >= 0.6 is 0 Å². The highest BCUT2D eigenvalue weighted by Crippen LogP contribution is 2.37. The number of fused-ring (bicyclic) bond motifs is 1. The predicted octanol–water partition coefficient (Wildman–Crippen LogP) is 0.677. The summed E-state index contributed by atoms with van der Waals surface area (Å²) in [5, 5.41) is 9.69. The molecule has 0 saturated carbocycles. The second kappa shape index (κ2) is 3.57. The summed E-state index contributed by atoms with van der Waals surface area (Å²) in [6.45, 7) is 0.423. The zero-order chi connectivity index (χ0) is 11.1. The summed E-state index contributed by atoms with van der Waals surface area (Å²) in [6.07, 6.45) is -0.686. The van der Waals surface area contributed by atoms with Crippen LogP contribution in [0.5, 0.6) is 0 Å². The first-order valence-electron chi connectivity index (χ1n) is 5.43. The molecule has 3 rings (SSSR count). The number of nitrogens with zero attached hydrogens (tertiary/aromatic N) is 1. The number of carbonyl (C=O) groups excluding carboxylic acids is 1. The quantitative estimate of drug-likeness (QED) is 0.755. The van der Waals surface area contributed by atoms with E-state index in [4.69, 9.17) is 4.74 Å². The van der Waals surface area contributed by atoms with Crippen LogP contribution in [0.1, 0.15) is 18.2 Å². The number of aliphatic hydroxyl groups is 1. The fraction of sp³-hybridized carbons (Fsp3) is 0.417. The second-order valence-electron chi connectivity index (χ2n) is 4.24. The molecule has 16 heavy (non-hydrogen) atoms. The van der Waals surface area contributed by atoms with Crippen LogP contribution in [0.2, 0.25) is 0 Å². The molecule has 1 amide bonds. The molecule has 84 valence electrons. The van der Waals surface area contributed by atoms with E-state index in [1.807, 2.05) is 30.3 Å². The maximum Gasteiger partial charge on any atom is 0.227 e. The molecule has 1 aromatic rings. The number of amides is 1. The summed E-state index contributed by atoms with van der Waals surface area (Å²) in [4.78, 5) is 13.4. The molecule has 0 spiro atoms. The van der Waals surface area contributed by atoms with E-state index in [1.165, 1.54) is 0 Å². The summed E-state index contributed by atoms with van der Waals surface area (Å²) >= 11 is 0. The topological polar surface area (TPSA) is 49.8 Å². The molecule has 0 aliphatic carbocycles. The van der Waals surface area contributed by atoms with Crippen LogP contribution in [0.4, 0.5) is 0 Å². The predicted molar refractivity (Wildman–Crippen MR) is 56.4 cm³/mol. The molecular weight excluding hydrogens is 206 g/mol. The molecule has 4 heteroatoms. The number of benzene rings is 1. The van der Waals surface area contributed by atoms with Crippen LogP contribution in [-0.4, -0.2) is 34.7 Å². The maximum atomic E-state index is 11.7. The van der Waals surface area contributed by atoms with E-state index in [0.29, 0.717) is 6.61 Å². The lowest BCUT2D eigenvalue weighted by molar-refractivity contribution is -0.134. The van der Waals surface area contributed by atoms with E-state index in [2.05, 4.69) is 0 Å². The zero-order valence-electron chi connectivity index (χ0n) is 8.74. The van der Waals surface area contributed by atoms with Crippen molar-refractivity contribution < 1.29 is 14.6 Å². The Kier molecular flexibility index (Phi) is 2.19. The minimum Gasteiger partial charge on any atom is -0.390 e. The van der Waals surface area contributed by atoms with Gasteiger partial charge in [-0.3, -0.25) is 4.79 Å². The third kappa shape index (κ3) is 1.34. The van der Waals surface area contributed by atoms with Gasteiger partial charge in [0.25, 0.3) is 0 Å². The van der Waals surface area contributed by atoms with Crippen molar-refractivity contribution in [3.05, 3.63) is 35.9 Å². The van der Waals surface area contributed by atoms with Gasteiger partial charge < -0.3 is 14.7 Å². The standard InChI is InChI=1S/C12H13NO3/c14-10-6-11(15)13-9(10)7-16-12(13)8-4-2-1-3-5-8/h1-5,9-10,12,14H,6-7H2. The molecular formula is C12H13NO3. The van der Waals surface area contributed by atoms with Crippen molar-refractivity contribution >= 4 is 5.91 Å². The van der Waals surface area contributed by atoms with Gasteiger partial charge in [0.15, 0.2) is 6.23 Å². The third-order valence-electron chi connectivity index (χ3n) is 3.24. The molecule has 2 aliphatic heterocycles. The number of ether oxygens (including phenoxy) is 1. The van der Waals surface area contributed by atoms with Gasteiger partial charge in [-0.05, 0) is 0 Å². The molecule has 0 radical (unpaired) electrons. The SMILES string of the molecule is O=C1CC(O)C2COC(c3ccccc3)N12. The molecule has 0 aromatic heterocycles. The number of aliphatic hydroxyl groups excluding tert-OH is 1. The van der Waals surface area contributed by atoms with E-state index >= 15 is 0 Å². The third-order valence-corrected chi connectivity index (χ3v) is 3.24. The number of hydrogen-bond acceptors (Lipinski definition) is 3. The number of carbonyl (C=O) groups is 1. The highest BCUT2D eigenvalue weighted by atomic mass is 16.5. The Morgan fingerprint density at radius 3 is 2.81 bits per heavy atom. The van der Waals surface area contributed by atoms with Crippen molar-refractivity contribution in [2.75, 3.05) is 6.61 Å². The molecule has 3 unspecified atom stereocenters. The van der Waals surface area contributed by atoms with Crippen molar-refractivity contribution in [1.29, 1.82) is 0 Å². The Hall–Kier alpha value is -1.39. The largest absolute Gasteiger partial charge is 0.390 e. The number of rotatable bonds is 1. The normalized spacial score (nSPS) is 33.2. The summed E-state index contributed by atoms with van der Waals surface area (Å²) < 4.78 is 5.59. The van der Waals surface area contributed by atoms with Gasteiger partial charge in [-0.1, -0.05) is 30.3 Å². The smallest absolute Gasteiger partial charge is 0.227 e. The molecule has 1 N–H and O–H groups in total. The van der Waals surface area contributed by atoms with Crippen LogP contribution < -0.4 is 0 Å². The Labute approximate surface area is 93.4 Å². The average Bonchev–Trinajstić information content (AvgIpc) is 2.84. The van der Waals surface area contributed by atoms with Gasteiger partial charge in [0.05, 0.1) is 25.2 Å². The van der Waals surface area contributed by atoms with Crippen molar-refractivity contribution in [2.45, 2.75) is 24.8 Å². The van der Waals surface area contributed by atoms with Gasteiger partial charge in [-0.2, -0.15) is 0 Å². The van der Waals surface area contributed by atoms with Crippen molar-refractivity contribution in [2.24, 2.45) is 0 Å². The Bertz CT molecular complexity index is 406. The van der Waals surface area contributed by atoms with Crippen LogP contribution in [0.3, 0.4) is 0 Å². The highest BCUT2D eigenvalue weighted by Gasteiger charge is 2.48. The van der Waals surface area contributed by atoms with Crippen molar-refractivity contribution in [3.63, 3.8) is 0 Å². The van der Waals surface area contributed by atoms with Gasteiger partial charge in [0, 0.05) is 5.56 Å². The lowest BCUT2D eigenvalue weighted by Gasteiger charge is -2.22. The lowest BCUT2D eigenvalue weighted by atomic mass is 10.2. The summed E-state index contributed by atoms with van der Waals surface area (Å²) in [5.74, 6) is -0.0242. The van der Waals surface area contributed by atoms with Gasteiger partial charge in [0.1, 0.15) is 0 Å². The van der Waals surface area contributed by atoms with Gasteiger partial charge in [-0.15, -0.1) is 0 Å². The molecule has 2 aliphatic rings. The van der Waals surface area contributed by atoms with Gasteiger partial charge in [-0.25, -0.2) is 0 Å². The molecule has 2 heterocycles. The van der Waals surface area contributed by atoms with Gasteiger partial charge in [0.2, 0.25) is 5.91 Å². The van der Waals surface area contributed by atoms with Crippen LogP contribution in [-0.2, 0) is 9.53 Å². The molecule has 0 bridgehead atoms. The molecule has 1 aromatic carbocycles. The van der Waals surface area contributed by atoms with E-state index < -0.39 is 6.10 Å². The van der Waals surface area contributed by atoms with Crippen LogP contribution in [0.15, 0.2) is 30.3 Å². The first-order valence-corrected chi connectivity index (χ1v) is 5.43. The molecule has 2 saturated heterocycles. The Balaban J connectivity index is 1.92. The fourth-order valence-corrected chi connectivity index (χ4v) is 2.43. The second-order valence-corrected chi connectivity index (χ2v) is 4.24. The van der Waals surface area contributed by atoms with E-state index in [0.717, 1.165) is 5.56 Å². The first kappa shape index (κ1) is 9.81. The highest BCUT2D eigenvalue weighted by molar-refractivity contribution is 5.80. The maximum absolute atomic E-state index is 11.7. The monoisotopic (exact) mass is 219 g/mol. The van der Waals surface area contributed by atoms with Gasteiger partial charge >= 0.3 is 0 Å². The molecule has 2 fully saturated rings. The summed E-state index contributed by atoms with van der Waals surface area (Å²) in [5.41, 5.74) is 0.965. The van der Waals surface area contributed by atoms with Crippen LogP contribution in [0, 0.1) is 0 Å². The zero-order valence-corrected chi connectivity index (χ0v) is 8.74. The first-order chi connectivity index (χ1) is 7.77. The minimum atomic E-state index is -0.582. The fourth-order valence-electron chi connectivity index (χ4n) is 2.43. The molecule has 4 nitrogen and oxygen atoms in total. The van der Waals surface area contributed by atoms with Crippen molar-refractivity contribution in [1.82, 2.24) is 4.90 Å².